The van der Waals surface area contributed by atoms with Gasteiger partial charge in [0.1, 0.15) is 0 Å². The molecule has 0 bridgehead atoms. The molecule has 1 N–H and O–H groups in total. The molecule has 0 aliphatic carbocycles. The van der Waals surface area contributed by atoms with Crippen LogP contribution in [0.2, 0.25) is 0 Å². The van der Waals surface area contributed by atoms with Gasteiger partial charge in [0.05, 0.1) is 12.6 Å². The molecule has 27 heavy (non-hydrogen) atoms. The van der Waals surface area contributed by atoms with Crippen molar-refractivity contribution in [1.29, 1.82) is 0 Å². The smallest absolute Gasteiger partial charge is 0.178 e. The molecular weight excluding hydrogens is 334 g/mol. The number of aromatic amines is 1. The molecule has 1 aliphatic rings. The van der Waals surface area contributed by atoms with Crippen LogP contribution in [0.15, 0.2) is 79.1 Å². The number of hydrogen-bond acceptors (Lipinski definition) is 2. The monoisotopic (exact) mass is 355 g/mol. The van der Waals surface area contributed by atoms with E-state index in [0.29, 0.717) is 6.54 Å². The summed E-state index contributed by atoms with van der Waals surface area (Å²) >= 11 is 0. The van der Waals surface area contributed by atoms with Gasteiger partial charge in [-0.05, 0) is 23.8 Å². The first-order chi connectivity index (χ1) is 13.3. The molecule has 0 spiro atoms. The highest BCUT2D eigenvalue weighted by atomic mass is 16.1. The Morgan fingerprint density at radius 2 is 1.78 bits per heavy atom. The van der Waals surface area contributed by atoms with Crippen molar-refractivity contribution in [3.05, 3.63) is 95.9 Å². The number of hydrogen-bond donors (Lipinski definition) is 1. The molecule has 4 nitrogen and oxygen atoms in total. The maximum absolute atomic E-state index is 13.1. The fraction of sp³-hybridized carbons (Fsp3) is 0.174. The van der Waals surface area contributed by atoms with Crippen LogP contribution in [-0.2, 0) is 6.54 Å². The summed E-state index contributed by atoms with van der Waals surface area (Å²) in [6.45, 7) is 2.18. The SMILES string of the molecule is O=C(CN1CCn2cccc2C1c1ccccc1)c1c[nH]c2ccccc12. The normalized spacial score (nSPS) is 17.1. The number of ketones is 1. The van der Waals surface area contributed by atoms with Crippen molar-refractivity contribution in [2.75, 3.05) is 13.1 Å². The summed E-state index contributed by atoms with van der Waals surface area (Å²) in [5.41, 5.74) is 4.26. The first kappa shape index (κ1) is 16.1. The largest absolute Gasteiger partial charge is 0.360 e. The third-order valence-electron chi connectivity index (χ3n) is 5.49. The molecule has 4 heteroatoms. The molecule has 0 saturated carbocycles. The molecule has 1 aliphatic heterocycles. The van der Waals surface area contributed by atoms with Gasteiger partial charge in [0.15, 0.2) is 5.78 Å². The predicted octanol–water partition coefficient (Wildman–Crippen LogP) is 4.26. The zero-order valence-electron chi connectivity index (χ0n) is 15.0. The maximum Gasteiger partial charge on any atom is 0.178 e. The van der Waals surface area contributed by atoms with Crippen LogP contribution in [0.1, 0.15) is 27.7 Å². The second-order valence-electron chi connectivity index (χ2n) is 7.08. The molecule has 4 aromatic rings. The Hall–Kier alpha value is -3.11. The van der Waals surface area contributed by atoms with E-state index >= 15 is 0 Å². The summed E-state index contributed by atoms with van der Waals surface area (Å²) in [5.74, 6) is 0.161. The van der Waals surface area contributed by atoms with Crippen molar-refractivity contribution >= 4 is 16.7 Å². The van der Waals surface area contributed by atoms with Crippen molar-refractivity contribution in [3.8, 4) is 0 Å². The van der Waals surface area contributed by atoms with Gasteiger partial charge in [0.2, 0.25) is 0 Å². The van der Waals surface area contributed by atoms with E-state index in [1.165, 1.54) is 11.3 Å². The van der Waals surface area contributed by atoms with Gasteiger partial charge in [-0.2, -0.15) is 0 Å². The Labute approximate surface area is 158 Å². The highest BCUT2D eigenvalue weighted by Crippen LogP contribution is 2.32. The second kappa shape index (κ2) is 6.56. The number of carbonyl (C=O) groups is 1. The Morgan fingerprint density at radius 3 is 2.67 bits per heavy atom. The van der Waals surface area contributed by atoms with E-state index in [4.69, 9.17) is 0 Å². The molecular formula is C23H21N3O. The molecule has 2 aromatic carbocycles. The van der Waals surface area contributed by atoms with Crippen molar-refractivity contribution < 1.29 is 4.79 Å². The number of benzene rings is 2. The molecule has 1 unspecified atom stereocenters. The molecule has 1 atom stereocenters. The second-order valence-corrected chi connectivity index (χ2v) is 7.08. The van der Waals surface area contributed by atoms with Gasteiger partial charge in [-0.15, -0.1) is 0 Å². The Balaban J connectivity index is 1.49. The van der Waals surface area contributed by atoms with Crippen LogP contribution in [0, 0.1) is 0 Å². The van der Waals surface area contributed by atoms with E-state index in [1.54, 1.807) is 0 Å². The molecule has 3 heterocycles. The number of para-hydroxylation sites is 1. The van der Waals surface area contributed by atoms with Crippen LogP contribution in [0.5, 0.6) is 0 Å². The van der Waals surface area contributed by atoms with Crippen LogP contribution < -0.4 is 0 Å². The average Bonchev–Trinajstić information content (AvgIpc) is 3.35. The predicted molar refractivity (Wildman–Crippen MR) is 107 cm³/mol. The zero-order chi connectivity index (χ0) is 18.2. The molecule has 0 fully saturated rings. The van der Waals surface area contributed by atoms with Crippen molar-refractivity contribution in [2.24, 2.45) is 0 Å². The Kier molecular flexibility index (Phi) is 3.91. The fourth-order valence-electron chi connectivity index (χ4n) is 4.19. The van der Waals surface area contributed by atoms with Crippen molar-refractivity contribution in [1.82, 2.24) is 14.5 Å². The lowest BCUT2D eigenvalue weighted by molar-refractivity contribution is 0.0884. The van der Waals surface area contributed by atoms with E-state index < -0.39 is 0 Å². The first-order valence-electron chi connectivity index (χ1n) is 9.34. The molecule has 0 amide bonds. The summed E-state index contributed by atoms with van der Waals surface area (Å²) in [6.07, 6.45) is 3.97. The number of nitrogens with zero attached hydrogens (tertiary/aromatic N) is 2. The van der Waals surface area contributed by atoms with Crippen molar-refractivity contribution in [2.45, 2.75) is 12.6 Å². The topological polar surface area (TPSA) is 41.0 Å². The number of aromatic nitrogens is 2. The molecule has 5 rings (SSSR count). The quantitative estimate of drug-likeness (QED) is 0.556. The summed E-state index contributed by atoms with van der Waals surface area (Å²) in [6, 6.07) is 22.8. The lowest BCUT2D eigenvalue weighted by Gasteiger charge is -2.36. The minimum absolute atomic E-state index is 0.101. The number of Topliss-reactive ketones (excluding diaryl/α,β-unsaturated/α-hetero) is 1. The van der Waals surface area contributed by atoms with Gasteiger partial charge in [0, 0.05) is 47.6 Å². The molecule has 0 radical (unpaired) electrons. The average molecular weight is 355 g/mol. The number of nitrogens with one attached hydrogen (secondary N) is 1. The Bertz CT molecular complexity index is 1090. The molecule has 134 valence electrons. The van der Waals surface area contributed by atoms with Gasteiger partial charge in [-0.1, -0.05) is 48.5 Å². The highest BCUT2D eigenvalue weighted by molar-refractivity contribution is 6.08. The molecule has 0 saturated heterocycles. The lowest BCUT2D eigenvalue weighted by Crippen LogP contribution is -2.41. The van der Waals surface area contributed by atoms with Gasteiger partial charge >= 0.3 is 0 Å². The fourth-order valence-corrected chi connectivity index (χ4v) is 4.19. The maximum atomic E-state index is 13.1. The number of rotatable bonds is 4. The van der Waals surface area contributed by atoms with Gasteiger partial charge in [0.25, 0.3) is 0 Å². The van der Waals surface area contributed by atoms with E-state index in [9.17, 15) is 4.79 Å². The number of H-pyrrole nitrogens is 1. The van der Waals surface area contributed by atoms with Crippen LogP contribution in [-0.4, -0.2) is 33.3 Å². The van der Waals surface area contributed by atoms with Crippen LogP contribution in [0.3, 0.4) is 0 Å². The van der Waals surface area contributed by atoms with Crippen LogP contribution >= 0.6 is 0 Å². The minimum Gasteiger partial charge on any atom is -0.360 e. The summed E-state index contributed by atoms with van der Waals surface area (Å²) in [4.78, 5) is 18.7. The Morgan fingerprint density at radius 1 is 0.963 bits per heavy atom. The standard InChI is InChI=1S/C23H21N3O/c27-22(19-15-24-20-10-5-4-9-18(19)20)16-26-14-13-25-12-6-11-21(25)23(26)17-7-2-1-3-8-17/h1-12,15,23-24H,13-14,16H2. The third-order valence-corrected chi connectivity index (χ3v) is 5.49. The van der Waals surface area contributed by atoms with Crippen molar-refractivity contribution in [3.63, 3.8) is 0 Å². The number of fused-ring (bicyclic) bond motifs is 2. The van der Waals surface area contributed by atoms with Gasteiger partial charge in [-0.3, -0.25) is 9.69 Å². The van der Waals surface area contributed by atoms with Crippen LogP contribution in [0.4, 0.5) is 0 Å². The summed E-state index contributed by atoms with van der Waals surface area (Å²) in [7, 11) is 0. The van der Waals surface area contributed by atoms with E-state index in [1.807, 2.05) is 36.5 Å². The summed E-state index contributed by atoms with van der Waals surface area (Å²) < 4.78 is 2.30. The first-order valence-corrected chi connectivity index (χ1v) is 9.34. The van der Waals surface area contributed by atoms with Crippen LogP contribution in [0.25, 0.3) is 10.9 Å². The van der Waals surface area contributed by atoms with E-state index in [0.717, 1.165) is 29.6 Å². The molecule has 2 aromatic heterocycles. The summed E-state index contributed by atoms with van der Waals surface area (Å²) in [5, 5.41) is 0.999. The highest BCUT2D eigenvalue weighted by Gasteiger charge is 2.30. The zero-order valence-corrected chi connectivity index (χ0v) is 15.0. The minimum atomic E-state index is 0.101. The van der Waals surface area contributed by atoms with E-state index in [-0.39, 0.29) is 11.8 Å². The van der Waals surface area contributed by atoms with Gasteiger partial charge < -0.3 is 9.55 Å². The van der Waals surface area contributed by atoms with E-state index in [2.05, 4.69) is 57.0 Å². The lowest BCUT2D eigenvalue weighted by atomic mass is 9.99. The third kappa shape index (κ3) is 2.78. The number of carbonyl (C=O) groups excluding carboxylic acids is 1. The van der Waals surface area contributed by atoms with Gasteiger partial charge in [-0.25, -0.2) is 0 Å².